The first-order chi connectivity index (χ1) is 15.0. The minimum atomic E-state index is -0.683. The summed E-state index contributed by atoms with van der Waals surface area (Å²) >= 11 is 0. The van der Waals surface area contributed by atoms with Crippen molar-refractivity contribution in [3.05, 3.63) is 89.2 Å². The van der Waals surface area contributed by atoms with Crippen LogP contribution < -0.4 is 9.47 Å². The molecule has 0 radical (unpaired) electrons. The fraction of sp³-hybridized carbons (Fsp3) is 0.269. The number of fused-ring (bicyclic) bond motifs is 1. The van der Waals surface area contributed by atoms with Crippen LogP contribution in [0.3, 0.4) is 0 Å². The van der Waals surface area contributed by atoms with Gasteiger partial charge in [-0.3, -0.25) is 0 Å². The molecule has 0 spiro atoms. The molecule has 0 bridgehead atoms. The summed E-state index contributed by atoms with van der Waals surface area (Å²) < 4.78 is 13.8. The summed E-state index contributed by atoms with van der Waals surface area (Å²) in [5.74, 6) is 2.33. The molecule has 0 saturated carbocycles. The van der Waals surface area contributed by atoms with E-state index < -0.39 is 6.10 Å². The summed E-state index contributed by atoms with van der Waals surface area (Å²) in [4.78, 5) is 4.72. The number of aliphatic hydroxyl groups is 1. The molecule has 160 valence electrons. The molecule has 5 heteroatoms. The molecule has 1 atom stereocenters. The highest BCUT2D eigenvalue weighted by molar-refractivity contribution is 5.75. The average molecular weight is 417 g/mol. The van der Waals surface area contributed by atoms with Crippen LogP contribution in [0.1, 0.15) is 22.5 Å². The Morgan fingerprint density at radius 3 is 2.39 bits per heavy atom. The SMILES string of the molecule is Cc1ccc(OCc2nc3ccccc3n2C[C@@H](O)COc2ccc(C)c(C)c2)cc1. The van der Waals surface area contributed by atoms with Crippen molar-refractivity contribution in [2.75, 3.05) is 6.61 Å². The van der Waals surface area contributed by atoms with E-state index in [-0.39, 0.29) is 6.61 Å². The third-order valence-corrected chi connectivity index (χ3v) is 5.44. The molecule has 0 amide bonds. The zero-order chi connectivity index (χ0) is 21.8. The van der Waals surface area contributed by atoms with Crippen LogP contribution in [0.15, 0.2) is 66.7 Å². The number of ether oxygens (including phenoxy) is 2. The second-order valence-electron chi connectivity index (χ2n) is 7.94. The number of hydrogen-bond donors (Lipinski definition) is 1. The molecule has 0 aliphatic carbocycles. The first kappa shape index (κ1) is 20.9. The van der Waals surface area contributed by atoms with Gasteiger partial charge in [0.15, 0.2) is 0 Å². The van der Waals surface area contributed by atoms with Crippen molar-refractivity contribution in [1.29, 1.82) is 0 Å². The van der Waals surface area contributed by atoms with Gasteiger partial charge in [0.2, 0.25) is 0 Å². The molecule has 5 nitrogen and oxygen atoms in total. The number of aromatic nitrogens is 2. The number of hydrogen-bond acceptors (Lipinski definition) is 4. The van der Waals surface area contributed by atoms with Gasteiger partial charge in [-0.15, -0.1) is 0 Å². The third kappa shape index (κ3) is 5.06. The van der Waals surface area contributed by atoms with Gasteiger partial charge in [-0.1, -0.05) is 35.9 Å². The van der Waals surface area contributed by atoms with Crippen molar-refractivity contribution >= 4 is 11.0 Å². The molecule has 1 aromatic heterocycles. The summed E-state index contributed by atoms with van der Waals surface area (Å²) in [5.41, 5.74) is 5.42. The predicted molar refractivity (Wildman–Crippen MR) is 123 cm³/mol. The maximum Gasteiger partial charge on any atom is 0.148 e. The predicted octanol–water partition coefficient (Wildman–Crippen LogP) is 4.98. The molecule has 4 rings (SSSR count). The van der Waals surface area contributed by atoms with Crippen LogP contribution in [0.4, 0.5) is 0 Å². The molecular formula is C26H28N2O3. The largest absolute Gasteiger partial charge is 0.491 e. The number of aryl methyl sites for hydroxylation is 3. The number of para-hydroxylation sites is 2. The smallest absolute Gasteiger partial charge is 0.148 e. The van der Waals surface area contributed by atoms with Gasteiger partial charge >= 0.3 is 0 Å². The monoisotopic (exact) mass is 416 g/mol. The van der Waals surface area contributed by atoms with Gasteiger partial charge in [0, 0.05) is 0 Å². The van der Waals surface area contributed by atoms with Crippen LogP contribution in [0, 0.1) is 20.8 Å². The Balaban J connectivity index is 1.47. The van der Waals surface area contributed by atoms with Crippen LogP contribution >= 0.6 is 0 Å². The second kappa shape index (κ2) is 9.23. The van der Waals surface area contributed by atoms with Gasteiger partial charge in [-0.05, 0) is 68.3 Å². The van der Waals surface area contributed by atoms with Crippen molar-refractivity contribution in [3.8, 4) is 11.5 Å². The molecule has 1 heterocycles. The minimum absolute atomic E-state index is 0.202. The molecule has 4 aromatic rings. The second-order valence-corrected chi connectivity index (χ2v) is 7.94. The number of benzene rings is 3. The first-order valence-corrected chi connectivity index (χ1v) is 10.5. The molecule has 0 aliphatic heterocycles. The number of rotatable bonds is 8. The Morgan fingerprint density at radius 2 is 1.61 bits per heavy atom. The lowest BCUT2D eigenvalue weighted by atomic mass is 10.1. The van der Waals surface area contributed by atoms with Gasteiger partial charge in [0.25, 0.3) is 0 Å². The lowest BCUT2D eigenvalue weighted by Gasteiger charge is -2.16. The number of nitrogens with zero attached hydrogens (tertiary/aromatic N) is 2. The molecule has 1 N–H and O–H groups in total. The highest BCUT2D eigenvalue weighted by atomic mass is 16.5. The summed E-state index contributed by atoms with van der Waals surface area (Å²) in [5, 5.41) is 10.7. The highest BCUT2D eigenvalue weighted by Crippen LogP contribution is 2.20. The van der Waals surface area contributed by atoms with E-state index in [1.165, 1.54) is 16.7 Å². The van der Waals surface area contributed by atoms with E-state index in [1.807, 2.05) is 78.2 Å². The van der Waals surface area contributed by atoms with Gasteiger partial charge < -0.3 is 19.1 Å². The normalized spacial score (nSPS) is 12.1. The minimum Gasteiger partial charge on any atom is -0.491 e. The van der Waals surface area contributed by atoms with E-state index in [9.17, 15) is 5.11 Å². The topological polar surface area (TPSA) is 56.5 Å². The fourth-order valence-corrected chi connectivity index (χ4v) is 3.48. The van der Waals surface area contributed by atoms with E-state index in [2.05, 4.69) is 13.8 Å². The highest BCUT2D eigenvalue weighted by Gasteiger charge is 2.15. The Morgan fingerprint density at radius 1 is 0.871 bits per heavy atom. The molecule has 0 unspecified atom stereocenters. The standard InChI is InChI=1S/C26H28N2O3/c1-18-8-11-22(12-9-18)31-17-26-27-24-6-4-5-7-25(24)28(26)15-21(29)16-30-23-13-10-19(2)20(3)14-23/h4-14,21,29H,15-17H2,1-3H3/t21-/m1/s1. The van der Waals surface area contributed by atoms with Crippen LogP contribution in [0.2, 0.25) is 0 Å². The molecule has 0 aliphatic rings. The number of imidazole rings is 1. The van der Waals surface area contributed by atoms with E-state index in [0.29, 0.717) is 13.2 Å². The Kier molecular flexibility index (Phi) is 6.23. The lowest BCUT2D eigenvalue weighted by Crippen LogP contribution is -2.25. The summed E-state index contributed by atoms with van der Waals surface area (Å²) in [6.07, 6.45) is -0.683. The zero-order valence-electron chi connectivity index (χ0n) is 18.2. The fourth-order valence-electron chi connectivity index (χ4n) is 3.48. The summed E-state index contributed by atoms with van der Waals surface area (Å²) in [6.45, 7) is 7.06. The van der Waals surface area contributed by atoms with Crippen molar-refractivity contribution in [1.82, 2.24) is 9.55 Å². The maximum absolute atomic E-state index is 10.7. The van der Waals surface area contributed by atoms with Crippen molar-refractivity contribution in [3.63, 3.8) is 0 Å². The van der Waals surface area contributed by atoms with Gasteiger partial charge in [0.1, 0.15) is 36.6 Å². The molecule has 3 aromatic carbocycles. The molecule has 0 saturated heterocycles. The van der Waals surface area contributed by atoms with E-state index in [4.69, 9.17) is 14.5 Å². The van der Waals surface area contributed by atoms with Crippen LogP contribution in [-0.4, -0.2) is 27.4 Å². The van der Waals surface area contributed by atoms with Gasteiger partial charge in [-0.25, -0.2) is 4.98 Å². The quantitative estimate of drug-likeness (QED) is 0.440. The van der Waals surface area contributed by atoms with Crippen molar-refractivity contribution in [2.24, 2.45) is 0 Å². The van der Waals surface area contributed by atoms with Crippen molar-refractivity contribution in [2.45, 2.75) is 40.0 Å². The molecule has 0 fully saturated rings. The first-order valence-electron chi connectivity index (χ1n) is 10.5. The average Bonchev–Trinajstić information content (AvgIpc) is 3.11. The molecule has 31 heavy (non-hydrogen) atoms. The lowest BCUT2D eigenvalue weighted by molar-refractivity contribution is 0.0917. The molecular weight excluding hydrogens is 388 g/mol. The van der Waals surface area contributed by atoms with Crippen molar-refractivity contribution < 1.29 is 14.6 Å². The van der Waals surface area contributed by atoms with Crippen LogP contribution in [-0.2, 0) is 13.2 Å². The van der Waals surface area contributed by atoms with E-state index in [0.717, 1.165) is 28.4 Å². The Bertz CT molecular complexity index is 1170. The van der Waals surface area contributed by atoms with E-state index >= 15 is 0 Å². The number of aliphatic hydroxyl groups excluding tert-OH is 1. The van der Waals surface area contributed by atoms with Crippen LogP contribution in [0.5, 0.6) is 11.5 Å². The Labute approximate surface area is 182 Å². The third-order valence-electron chi connectivity index (χ3n) is 5.44. The van der Waals surface area contributed by atoms with E-state index in [1.54, 1.807) is 0 Å². The summed E-state index contributed by atoms with van der Waals surface area (Å²) in [7, 11) is 0. The van der Waals surface area contributed by atoms with Gasteiger partial charge in [0.05, 0.1) is 17.6 Å². The Hall–Kier alpha value is -3.31. The zero-order valence-corrected chi connectivity index (χ0v) is 18.2. The summed E-state index contributed by atoms with van der Waals surface area (Å²) in [6, 6.07) is 21.8. The van der Waals surface area contributed by atoms with Gasteiger partial charge in [-0.2, -0.15) is 0 Å². The maximum atomic E-state index is 10.7. The van der Waals surface area contributed by atoms with Crippen LogP contribution in [0.25, 0.3) is 11.0 Å².